The number of benzene rings is 1. The maximum atomic E-state index is 4.36. The molecule has 0 saturated carbocycles. The lowest BCUT2D eigenvalue weighted by molar-refractivity contribution is 0.740. The van der Waals surface area contributed by atoms with Gasteiger partial charge in [0, 0.05) is 5.69 Å². The number of hydrogen-bond donors (Lipinski definition) is 0. The molecule has 19 heavy (non-hydrogen) atoms. The molecule has 0 spiro atoms. The van der Waals surface area contributed by atoms with Gasteiger partial charge in [-0.05, 0) is 37.0 Å². The minimum Gasteiger partial charge on any atom is -0.280 e. The minimum atomic E-state index is 0.557. The summed E-state index contributed by atoms with van der Waals surface area (Å²) in [5.74, 6) is 2.44. The number of hydrogen-bond acceptors (Lipinski definition) is 2. The second-order valence-electron chi connectivity index (χ2n) is 5.00. The van der Waals surface area contributed by atoms with Gasteiger partial charge >= 0.3 is 0 Å². The van der Waals surface area contributed by atoms with Crippen LogP contribution in [0.3, 0.4) is 0 Å². The van der Waals surface area contributed by atoms with Gasteiger partial charge in [-0.15, -0.1) is 10.2 Å². The van der Waals surface area contributed by atoms with Crippen molar-refractivity contribution < 1.29 is 0 Å². The predicted octanol–water partition coefficient (Wildman–Crippen LogP) is 3.56. The Labute approximate surface area is 113 Å². The number of allylic oxidation sites excluding steroid dienone is 4. The molecule has 0 radical (unpaired) electrons. The highest BCUT2D eigenvalue weighted by atomic mass is 15.3. The van der Waals surface area contributed by atoms with Crippen LogP contribution >= 0.6 is 0 Å². The van der Waals surface area contributed by atoms with Crippen molar-refractivity contribution in [3.63, 3.8) is 0 Å². The lowest BCUT2D eigenvalue weighted by atomic mass is 9.95. The van der Waals surface area contributed by atoms with Crippen molar-refractivity contribution in [1.29, 1.82) is 0 Å². The van der Waals surface area contributed by atoms with Gasteiger partial charge in [-0.2, -0.15) is 0 Å². The van der Waals surface area contributed by atoms with Gasteiger partial charge < -0.3 is 0 Å². The van der Waals surface area contributed by atoms with E-state index in [1.165, 1.54) is 5.57 Å². The van der Waals surface area contributed by atoms with Crippen LogP contribution in [0.5, 0.6) is 0 Å². The second-order valence-corrected chi connectivity index (χ2v) is 5.00. The zero-order chi connectivity index (χ0) is 13.2. The van der Waals surface area contributed by atoms with Crippen LogP contribution in [0.15, 0.2) is 48.6 Å². The third kappa shape index (κ3) is 2.24. The van der Waals surface area contributed by atoms with E-state index >= 15 is 0 Å². The Kier molecular flexibility index (Phi) is 3.03. The molecule has 3 rings (SSSR count). The standard InChI is InChI=1S/C16H17N3/c1-12-7-6-8-14(11-12)16-18-17-13(2)19(16)15-9-4-3-5-10-15/h3-10,12H,11H2,1-2H3. The number of aromatic nitrogens is 3. The molecule has 0 fully saturated rings. The fourth-order valence-electron chi connectivity index (χ4n) is 2.47. The Morgan fingerprint density at radius 2 is 1.95 bits per heavy atom. The molecule has 1 aliphatic carbocycles. The SMILES string of the molecule is Cc1nnc(C2=CC=CC(C)C2)n1-c1ccccc1. The smallest absolute Gasteiger partial charge is 0.164 e. The molecule has 1 heterocycles. The molecule has 1 aliphatic rings. The minimum absolute atomic E-state index is 0.557. The first kappa shape index (κ1) is 11.9. The molecule has 1 atom stereocenters. The summed E-state index contributed by atoms with van der Waals surface area (Å²) in [6.45, 7) is 4.21. The summed E-state index contributed by atoms with van der Waals surface area (Å²) in [5.41, 5.74) is 2.36. The molecule has 96 valence electrons. The first-order chi connectivity index (χ1) is 9.25. The van der Waals surface area contributed by atoms with Crippen LogP contribution in [-0.4, -0.2) is 14.8 Å². The summed E-state index contributed by atoms with van der Waals surface area (Å²) in [6, 6.07) is 10.3. The first-order valence-corrected chi connectivity index (χ1v) is 6.61. The average Bonchev–Trinajstić information content (AvgIpc) is 2.82. The predicted molar refractivity (Wildman–Crippen MR) is 77.0 cm³/mol. The highest BCUT2D eigenvalue weighted by Crippen LogP contribution is 2.27. The van der Waals surface area contributed by atoms with Crippen LogP contribution in [-0.2, 0) is 0 Å². The third-order valence-corrected chi connectivity index (χ3v) is 3.41. The Morgan fingerprint density at radius 1 is 1.16 bits per heavy atom. The van der Waals surface area contributed by atoms with Gasteiger partial charge in [-0.3, -0.25) is 4.57 Å². The Morgan fingerprint density at radius 3 is 2.68 bits per heavy atom. The van der Waals surface area contributed by atoms with E-state index < -0.39 is 0 Å². The number of para-hydroxylation sites is 1. The van der Waals surface area contributed by atoms with Crippen molar-refractivity contribution in [2.45, 2.75) is 20.3 Å². The van der Waals surface area contributed by atoms with Crippen LogP contribution in [0.4, 0.5) is 0 Å². The van der Waals surface area contributed by atoms with E-state index in [4.69, 9.17) is 0 Å². The molecule has 1 aromatic carbocycles. The quantitative estimate of drug-likeness (QED) is 0.817. The van der Waals surface area contributed by atoms with E-state index in [1.807, 2.05) is 25.1 Å². The normalized spacial score (nSPS) is 18.4. The van der Waals surface area contributed by atoms with Crippen molar-refractivity contribution in [2.75, 3.05) is 0 Å². The summed E-state index contributed by atoms with van der Waals surface area (Å²) in [7, 11) is 0. The number of aryl methyl sites for hydroxylation is 1. The molecule has 0 amide bonds. The maximum absolute atomic E-state index is 4.36. The summed E-state index contributed by atoms with van der Waals surface area (Å²) in [5, 5.41) is 8.60. The second kappa shape index (κ2) is 4.84. The highest BCUT2D eigenvalue weighted by Gasteiger charge is 2.17. The van der Waals surface area contributed by atoms with Crippen LogP contribution in [0.25, 0.3) is 11.3 Å². The van der Waals surface area contributed by atoms with Gasteiger partial charge in [0.2, 0.25) is 0 Å². The van der Waals surface area contributed by atoms with Crippen molar-refractivity contribution >= 4 is 5.57 Å². The topological polar surface area (TPSA) is 30.7 Å². The van der Waals surface area contributed by atoms with Crippen molar-refractivity contribution in [3.8, 4) is 5.69 Å². The van der Waals surface area contributed by atoms with Gasteiger partial charge in [0.1, 0.15) is 5.82 Å². The van der Waals surface area contributed by atoms with Gasteiger partial charge in [-0.25, -0.2) is 0 Å². The molecule has 1 aromatic heterocycles. The third-order valence-electron chi connectivity index (χ3n) is 3.41. The molecule has 2 aromatic rings. The Hall–Kier alpha value is -2.16. The van der Waals surface area contributed by atoms with Crippen LogP contribution in [0, 0.1) is 12.8 Å². The fourth-order valence-corrected chi connectivity index (χ4v) is 2.47. The lowest BCUT2D eigenvalue weighted by Gasteiger charge is -2.15. The molecular formula is C16H17N3. The molecule has 0 N–H and O–H groups in total. The largest absolute Gasteiger partial charge is 0.280 e. The Balaban J connectivity index is 2.09. The lowest BCUT2D eigenvalue weighted by Crippen LogP contribution is -2.06. The van der Waals surface area contributed by atoms with E-state index in [9.17, 15) is 0 Å². The van der Waals surface area contributed by atoms with E-state index in [0.717, 1.165) is 23.8 Å². The van der Waals surface area contributed by atoms with E-state index in [1.54, 1.807) is 0 Å². The summed E-state index contributed by atoms with van der Waals surface area (Å²) in [4.78, 5) is 0. The van der Waals surface area contributed by atoms with Gasteiger partial charge in [0.15, 0.2) is 5.82 Å². The zero-order valence-corrected chi connectivity index (χ0v) is 11.2. The molecule has 0 bridgehead atoms. The van der Waals surface area contributed by atoms with Gasteiger partial charge in [-0.1, -0.05) is 43.4 Å². The molecule has 3 heteroatoms. The Bertz CT molecular complexity index is 635. The van der Waals surface area contributed by atoms with Gasteiger partial charge in [0.25, 0.3) is 0 Å². The van der Waals surface area contributed by atoms with Gasteiger partial charge in [0.05, 0.1) is 0 Å². The highest BCUT2D eigenvalue weighted by molar-refractivity contribution is 5.65. The first-order valence-electron chi connectivity index (χ1n) is 6.61. The average molecular weight is 251 g/mol. The number of nitrogens with zero attached hydrogens (tertiary/aromatic N) is 3. The zero-order valence-electron chi connectivity index (χ0n) is 11.2. The molecular weight excluding hydrogens is 234 g/mol. The molecule has 3 nitrogen and oxygen atoms in total. The molecule has 0 saturated heterocycles. The maximum Gasteiger partial charge on any atom is 0.164 e. The fraction of sp³-hybridized carbons (Fsp3) is 0.250. The van der Waals surface area contributed by atoms with Crippen molar-refractivity contribution in [2.24, 2.45) is 5.92 Å². The molecule has 1 unspecified atom stereocenters. The van der Waals surface area contributed by atoms with Crippen molar-refractivity contribution in [3.05, 3.63) is 60.2 Å². The van der Waals surface area contributed by atoms with E-state index in [2.05, 4.69) is 52.0 Å². The monoisotopic (exact) mass is 251 g/mol. The van der Waals surface area contributed by atoms with Crippen LogP contribution in [0.2, 0.25) is 0 Å². The van der Waals surface area contributed by atoms with E-state index in [-0.39, 0.29) is 0 Å². The molecule has 0 aliphatic heterocycles. The van der Waals surface area contributed by atoms with Crippen LogP contribution < -0.4 is 0 Å². The van der Waals surface area contributed by atoms with Crippen LogP contribution in [0.1, 0.15) is 25.0 Å². The van der Waals surface area contributed by atoms with Crippen molar-refractivity contribution in [1.82, 2.24) is 14.8 Å². The summed E-state index contributed by atoms with van der Waals surface area (Å²) >= 11 is 0. The van der Waals surface area contributed by atoms with E-state index in [0.29, 0.717) is 5.92 Å². The summed E-state index contributed by atoms with van der Waals surface area (Å²) in [6.07, 6.45) is 7.49. The number of rotatable bonds is 2. The summed E-state index contributed by atoms with van der Waals surface area (Å²) < 4.78 is 2.12.